The van der Waals surface area contributed by atoms with E-state index in [1.54, 1.807) is 18.2 Å². The maximum absolute atomic E-state index is 8.56. The standard InChI is InChI=1S/C7H8BBrO4/c1-12-7-4-5(9)2-3-6(7)13-8(10)11/h2-4,10-11H,1H3. The maximum atomic E-state index is 8.56. The second-order valence-electron chi connectivity index (χ2n) is 2.24. The molecule has 1 rings (SSSR count). The minimum Gasteiger partial charge on any atom is -0.509 e. The SMILES string of the molecule is COc1cc(Br)ccc1OB(O)O. The summed E-state index contributed by atoms with van der Waals surface area (Å²) < 4.78 is 10.4. The van der Waals surface area contributed by atoms with Crippen molar-refractivity contribution >= 4 is 23.3 Å². The van der Waals surface area contributed by atoms with Crippen molar-refractivity contribution in [3.63, 3.8) is 0 Å². The Balaban J connectivity index is 2.92. The third-order valence-electron chi connectivity index (χ3n) is 1.36. The van der Waals surface area contributed by atoms with E-state index < -0.39 is 7.32 Å². The molecular formula is C7H8BBrO4. The zero-order chi connectivity index (χ0) is 9.84. The summed E-state index contributed by atoms with van der Waals surface area (Å²) in [4.78, 5) is 0. The van der Waals surface area contributed by atoms with Crippen molar-refractivity contribution in [2.75, 3.05) is 7.11 Å². The molecule has 0 radical (unpaired) electrons. The van der Waals surface area contributed by atoms with Gasteiger partial charge in [0.1, 0.15) is 5.75 Å². The monoisotopic (exact) mass is 246 g/mol. The average Bonchev–Trinajstić information content (AvgIpc) is 2.07. The molecule has 0 amide bonds. The Hall–Kier alpha value is -0.715. The van der Waals surface area contributed by atoms with Gasteiger partial charge in [0.25, 0.3) is 0 Å². The maximum Gasteiger partial charge on any atom is 0.707 e. The fourth-order valence-electron chi connectivity index (χ4n) is 0.852. The summed E-state index contributed by atoms with van der Waals surface area (Å²) in [5, 5.41) is 17.1. The number of halogens is 1. The topological polar surface area (TPSA) is 58.9 Å². The predicted octanol–water partition coefficient (Wildman–Crippen LogP) is 0.806. The molecule has 6 heteroatoms. The van der Waals surface area contributed by atoms with Crippen molar-refractivity contribution in [1.82, 2.24) is 0 Å². The molecule has 0 heterocycles. The van der Waals surface area contributed by atoms with E-state index in [1.807, 2.05) is 0 Å². The molecule has 0 aliphatic heterocycles. The van der Waals surface area contributed by atoms with Crippen LogP contribution in [0.5, 0.6) is 11.5 Å². The molecule has 13 heavy (non-hydrogen) atoms. The lowest BCUT2D eigenvalue weighted by atomic mass is 10.2. The van der Waals surface area contributed by atoms with Gasteiger partial charge in [-0.3, -0.25) is 0 Å². The first kappa shape index (κ1) is 10.4. The van der Waals surface area contributed by atoms with Crippen LogP contribution in [0.15, 0.2) is 22.7 Å². The van der Waals surface area contributed by atoms with Gasteiger partial charge in [-0.15, -0.1) is 0 Å². The summed E-state index contributed by atoms with van der Waals surface area (Å²) in [5.41, 5.74) is 0. The Morgan fingerprint density at radius 1 is 1.31 bits per heavy atom. The third-order valence-corrected chi connectivity index (χ3v) is 1.85. The minimum absolute atomic E-state index is 0.278. The van der Waals surface area contributed by atoms with Crippen LogP contribution >= 0.6 is 15.9 Å². The second-order valence-corrected chi connectivity index (χ2v) is 3.15. The van der Waals surface area contributed by atoms with Gasteiger partial charge in [0.05, 0.1) is 7.11 Å². The van der Waals surface area contributed by atoms with Crippen molar-refractivity contribution in [3.8, 4) is 11.5 Å². The summed E-state index contributed by atoms with van der Waals surface area (Å²) in [6.07, 6.45) is 0. The lowest BCUT2D eigenvalue weighted by molar-refractivity contribution is 0.279. The van der Waals surface area contributed by atoms with E-state index in [9.17, 15) is 0 Å². The number of hydrogen-bond acceptors (Lipinski definition) is 4. The van der Waals surface area contributed by atoms with Gasteiger partial charge in [-0.1, -0.05) is 15.9 Å². The largest absolute Gasteiger partial charge is 0.707 e. The van der Waals surface area contributed by atoms with Crippen molar-refractivity contribution in [2.24, 2.45) is 0 Å². The van der Waals surface area contributed by atoms with Crippen LogP contribution in [-0.2, 0) is 0 Å². The van der Waals surface area contributed by atoms with E-state index in [-0.39, 0.29) is 5.75 Å². The molecule has 0 saturated carbocycles. The Morgan fingerprint density at radius 2 is 2.00 bits per heavy atom. The van der Waals surface area contributed by atoms with E-state index in [0.29, 0.717) is 5.75 Å². The summed E-state index contributed by atoms with van der Waals surface area (Å²) in [5.74, 6) is 0.711. The zero-order valence-corrected chi connectivity index (χ0v) is 8.48. The molecule has 1 aromatic carbocycles. The highest BCUT2D eigenvalue weighted by atomic mass is 79.9. The lowest BCUT2D eigenvalue weighted by Crippen LogP contribution is -2.20. The van der Waals surface area contributed by atoms with Gasteiger partial charge in [0, 0.05) is 4.47 Å². The smallest absolute Gasteiger partial charge is 0.509 e. The Morgan fingerprint density at radius 3 is 2.54 bits per heavy atom. The highest BCUT2D eigenvalue weighted by Gasteiger charge is 2.14. The third kappa shape index (κ3) is 2.91. The van der Waals surface area contributed by atoms with Gasteiger partial charge in [0.2, 0.25) is 0 Å². The Kier molecular flexibility index (Phi) is 3.59. The molecule has 2 N–H and O–H groups in total. The van der Waals surface area contributed by atoms with Crippen LogP contribution in [-0.4, -0.2) is 24.5 Å². The quantitative estimate of drug-likeness (QED) is 0.775. The number of methoxy groups -OCH3 is 1. The first-order chi connectivity index (χ1) is 6.13. The molecule has 0 unspecified atom stereocenters. The fraction of sp³-hybridized carbons (Fsp3) is 0.143. The normalized spacial score (nSPS) is 9.54. The molecule has 0 spiro atoms. The molecule has 0 atom stereocenters. The van der Waals surface area contributed by atoms with Crippen LogP contribution in [0.25, 0.3) is 0 Å². The molecule has 70 valence electrons. The molecular weight excluding hydrogens is 239 g/mol. The van der Waals surface area contributed by atoms with Crippen LogP contribution in [0.4, 0.5) is 0 Å². The second kappa shape index (κ2) is 4.50. The molecule has 0 saturated heterocycles. The summed E-state index contributed by atoms with van der Waals surface area (Å²) in [6.45, 7) is 0. The molecule has 1 aromatic rings. The van der Waals surface area contributed by atoms with Crippen LogP contribution in [0, 0.1) is 0 Å². The number of rotatable bonds is 3. The highest BCUT2D eigenvalue weighted by Crippen LogP contribution is 2.30. The van der Waals surface area contributed by atoms with Crippen LogP contribution in [0.3, 0.4) is 0 Å². The molecule has 0 fully saturated rings. The van der Waals surface area contributed by atoms with E-state index in [2.05, 4.69) is 20.6 Å². The first-order valence-corrected chi connectivity index (χ1v) is 4.29. The van der Waals surface area contributed by atoms with Gasteiger partial charge in [-0.05, 0) is 18.2 Å². The van der Waals surface area contributed by atoms with E-state index in [1.165, 1.54) is 7.11 Å². The van der Waals surface area contributed by atoms with E-state index in [0.717, 1.165) is 4.47 Å². The van der Waals surface area contributed by atoms with Crippen LogP contribution < -0.4 is 9.39 Å². The summed E-state index contributed by atoms with van der Waals surface area (Å²) in [7, 11) is -0.367. The van der Waals surface area contributed by atoms with Gasteiger partial charge in [0.15, 0.2) is 5.75 Å². The van der Waals surface area contributed by atoms with Gasteiger partial charge < -0.3 is 19.4 Å². The predicted molar refractivity (Wildman–Crippen MR) is 51.5 cm³/mol. The van der Waals surface area contributed by atoms with E-state index >= 15 is 0 Å². The Labute approximate surface area is 84.4 Å². The molecule has 4 nitrogen and oxygen atoms in total. The highest BCUT2D eigenvalue weighted by molar-refractivity contribution is 9.10. The van der Waals surface area contributed by atoms with Crippen molar-refractivity contribution in [1.29, 1.82) is 0 Å². The van der Waals surface area contributed by atoms with Crippen molar-refractivity contribution in [2.45, 2.75) is 0 Å². The lowest BCUT2D eigenvalue weighted by Gasteiger charge is -2.09. The minimum atomic E-state index is -1.84. The summed E-state index contributed by atoms with van der Waals surface area (Å²) in [6, 6.07) is 4.94. The number of benzene rings is 1. The Bertz CT molecular complexity index is 292. The van der Waals surface area contributed by atoms with Gasteiger partial charge in [-0.25, -0.2) is 0 Å². The zero-order valence-electron chi connectivity index (χ0n) is 6.90. The van der Waals surface area contributed by atoms with Crippen molar-refractivity contribution in [3.05, 3.63) is 22.7 Å². The molecule has 0 aliphatic carbocycles. The van der Waals surface area contributed by atoms with Gasteiger partial charge in [-0.2, -0.15) is 0 Å². The molecule has 0 aliphatic rings. The molecule has 0 bridgehead atoms. The van der Waals surface area contributed by atoms with Crippen molar-refractivity contribution < 1.29 is 19.4 Å². The van der Waals surface area contributed by atoms with E-state index in [4.69, 9.17) is 14.8 Å². The fourth-order valence-corrected chi connectivity index (χ4v) is 1.19. The van der Waals surface area contributed by atoms with Crippen LogP contribution in [0.1, 0.15) is 0 Å². The number of hydrogen-bond donors (Lipinski definition) is 2. The average molecular weight is 247 g/mol. The number of ether oxygens (including phenoxy) is 1. The first-order valence-electron chi connectivity index (χ1n) is 3.50. The van der Waals surface area contributed by atoms with Crippen LogP contribution in [0.2, 0.25) is 0 Å². The summed E-state index contributed by atoms with van der Waals surface area (Å²) >= 11 is 3.24. The van der Waals surface area contributed by atoms with Gasteiger partial charge >= 0.3 is 7.32 Å². The molecule has 0 aromatic heterocycles.